The van der Waals surface area contributed by atoms with Gasteiger partial charge in [0.2, 0.25) is 0 Å². The maximum Gasteiger partial charge on any atom is 0.455 e. The monoisotopic (exact) mass is 371 g/mol. The summed E-state index contributed by atoms with van der Waals surface area (Å²) in [4.78, 5) is 0. The molecule has 0 fully saturated rings. The Morgan fingerprint density at radius 1 is 0.900 bits per heavy atom. The highest BCUT2D eigenvalue weighted by Crippen LogP contribution is 2.44. The van der Waals surface area contributed by atoms with Gasteiger partial charge in [0.25, 0.3) is 0 Å². The van der Waals surface area contributed by atoms with Crippen LogP contribution in [0.15, 0.2) is 22.7 Å². The molecular formula is C10H6BrF8N. The number of hydrogen-bond donors (Lipinski definition) is 1. The van der Waals surface area contributed by atoms with Gasteiger partial charge < -0.3 is 5.73 Å². The van der Waals surface area contributed by atoms with Crippen molar-refractivity contribution in [2.75, 3.05) is 0 Å². The van der Waals surface area contributed by atoms with Gasteiger partial charge in [-0.2, -0.15) is 35.1 Å². The van der Waals surface area contributed by atoms with Gasteiger partial charge in [0.15, 0.2) is 0 Å². The van der Waals surface area contributed by atoms with Gasteiger partial charge in [-0.25, -0.2) is 0 Å². The number of halogens is 9. The Morgan fingerprint density at radius 3 is 1.80 bits per heavy atom. The van der Waals surface area contributed by atoms with Crippen molar-refractivity contribution in [3.8, 4) is 0 Å². The number of nitrogens with two attached hydrogens (primary N) is 1. The standard InChI is InChI=1S/C10H6BrF8N/c11-6-2-4(1-5(3-6)9(14,15)16)7(20)8(12,13)10(17,18)19/h1-3,7H,20H2/t7-/m1/s1. The molecule has 2 N–H and O–H groups in total. The fourth-order valence-electron chi connectivity index (χ4n) is 1.34. The van der Waals surface area contributed by atoms with Crippen LogP contribution >= 0.6 is 15.9 Å². The molecule has 0 amide bonds. The van der Waals surface area contributed by atoms with Crippen LogP contribution in [0.3, 0.4) is 0 Å². The topological polar surface area (TPSA) is 26.0 Å². The van der Waals surface area contributed by atoms with Crippen LogP contribution in [0.4, 0.5) is 35.1 Å². The first kappa shape index (κ1) is 17.2. The minimum Gasteiger partial charge on any atom is -0.319 e. The zero-order chi connectivity index (χ0) is 15.9. The zero-order valence-electron chi connectivity index (χ0n) is 9.29. The fourth-order valence-corrected chi connectivity index (χ4v) is 1.85. The summed E-state index contributed by atoms with van der Waals surface area (Å²) in [6, 6.07) is -1.56. The average Bonchev–Trinajstić information content (AvgIpc) is 2.24. The minimum atomic E-state index is -5.97. The predicted octanol–water partition coefficient (Wildman–Crippen LogP) is 4.67. The van der Waals surface area contributed by atoms with Gasteiger partial charge in [0.1, 0.15) is 6.04 Å². The fraction of sp³-hybridized carbons (Fsp3) is 0.400. The minimum absolute atomic E-state index is 0.162. The average molecular weight is 372 g/mol. The van der Waals surface area contributed by atoms with E-state index in [0.29, 0.717) is 12.1 Å². The van der Waals surface area contributed by atoms with Crippen LogP contribution in [0, 0.1) is 0 Å². The van der Waals surface area contributed by atoms with E-state index >= 15 is 0 Å². The van der Waals surface area contributed by atoms with E-state index in [4.69, 9.17) is 5.73 Å². The van der Waals surface area contributed by atoms with E-state index in [1.807, 2.05) is 0 Å². The Bertz CT molecular complexity index is 493. The second kappa shape index (κ2) is 5.14. The molecule has 20 heavy (non-hydrogen) atoms. The highest BCUT2D eigenvalue weighted by atomic mass is 79.9. The largest absolute Gasteiger partial charge is 0.455 e. The molecular weight excluding hydrogens is 366 g/mol. The van der Waals surface area contributed by atoms with Gasteiger partial charge in [-0.3, -0.25) is 0 Å². The summed E-state index contributed by atoms with van der Waals surface area (Å²) >= 11 is 2.61. The highest BCUT2D eigenvalue weighted by Gasteiger charge is 2.61. The normalized spacial score (nSPS) is 15.3. The van der Waals surface area contributed by atoms with Crippen molar-refractivity contribution in [2.45, 2.75) is 24.3 Å². The molecule has 1 rings (SSSR count). The van der Waals surface area contributed by atoms with Crippen molar-refractivity contribution in [3.63, 3.8) is 0 Å². The maximum atomic E-state index is 13.0. The first-order valence-corrected chi connectivity index (χ1v) is 5.64. The molecule has 1 aromatic rings. The summed E-state index contributed by atoms with van der Waals surface area (Å²) in [7, 11) is 0. The van der Waals surface area contributed by atoms with Crippen LogP contribution in [0.25, 0.3) is 0 Å². The molecule has 0 aliphatic rings. The predicted molar refractivity (Wildman–Crippen MR) is 57.1 cm³/mol. The first-order chi connectivity index (χ1) is 8.76. The molecule has 0 aliphatic carbocycles. The van der Waals surface area contributed by atoms with E-state index in [1.165, 1.54) is 0 Å². The van der Waals surface area contributed by atoms with Crippen LogP contribution in [-0.4, -0.2) is 12.1 Å². The SMILES string of the molecule is N[C@H](c1cc(Br)cc(C(F)(F)F)c1)C(F)(F)C(F)(F)F. The Kier molecular flexibility index (Phi) is 4.41. The van der Waals surface area contributed by atoms with Crippen LogP contribution in [0.1, 0.15) is 17.2 Å². The van der Waals surface area contributed by atoms with Gasteiger partial charge >= 0.3 is 18.3 Å². The summed E-state index contributed by atoms with van der Waals surface area (Å²) in [6.45, 7) is 0. The molecule has 1 atom stereocenters. The lowest BCUT2D eigenvalue weighted by Crippen LogP contribution is -2.45. The quantitative estimate of drug-likeness (QED) is 0.751. The Balaban J connectivity index is 3.31. The third-order valence-corrected chi connectivity index (χ3v) is 2.83. The lowest BCUT2D eigenvalue weighted by molar-refractivity contribution is -0.291. The van der Waals surface area contributed by atoms with E-state index in [2.05, 4.69) is 15.9 Å². The van der Waals surface area contributed by atoms with Gasteiger partial charge in [0, 0.05) is 4.47 Å². The van der Waals surface area contributed by atoms with Crippen LogP contribution in [-0.2, 0) is 6.18 Å². The molecule has 1 aromatic carbocycles. The molecule has 0 aliphatic heterocycles. The zero-order valence-corrected chi connectivity index (χ0v) is 10.9. The van der Waals surface area contributed by atoms with Crippen molar-refractivity contribution in [1.82, 2.24) is 0 Å². The molecule has 0 spiro atoms. The highest BCUT2D eigenvalue weighted by molar-refractivity contribution is 9.10. The van der Waals surface area contributed by atoms with Gasteiger partial charge in [0.05, 0.1) is 5.56 Å². The summed E-state index contributed by atoms with van der Waals surface area (Å²) in [5.41, 5.74) is 2.42. The molecule has 10 heteroatoms. The van der Waals surface area contributed by atoms with Gasteiger partial charge in [-0.05, 0) is 23.8 Å². The molecule has 1 nitrogen and oxygen atoms in total. The lowest BCUT2D eigenvalue weighted by atomic mass is 9.99. The van der Waals surface area contributed by atoms with Crippen molar-refractivity contribution in [1.29, 1.82) is 0 Å². The molecule has 0 saturated carbocycles. The Morgan fingerprint density at radius 2 is 1.40 bits per heavy atom. The molecule has 0 bridgehead atoms. The first-order valence-electron chi connectivity index (χ1n) is 4.84. The Labute approximate surface area is 115 Å². The Hall–Kier alpha value is -0.900. The summed E-state index contributed by atoms with van der Waals surface area (Å²) < 4.78 is 99.6. The van der Waals surface area contributed by atoms with Gasteiger partial charge in [-0.15, -0.1) is 0 Å². The summed E-state index contributed by atoms with van der Waals surface area (Å²) in [5, 5.41) is 0. The van der Waals surface area contributed by atoms with E-state index in [1.54, 1.807) is 0 Å². The molecule has 0 saturated heterocycles. The van der Waals surface area contributed by atoms with Crippen molar-refractivity contribution in [2.24, 2.45) is 5.73 Å². The van der Waals surface area contributed by atoms with Crippen molar-refractivity contribution >= 4 is 15.9 Å². The molecule has 114 valence electrons. The van der Waals surface area contributed by atoms with E-state index < -0.39 is 35.4 Å². The second-order valence-electron chi connectivity index (χ2n) is 3.87. The van der Waals surface area contributed by atoms with E-state index in [-0.39, 0.29) is 10.5 Å². The lowest BCUT2D eigenvalue weighted by Gasteiger charge is -2.26. The third kappa shape index (κ3) is 3.40. The molecule has 0 radical (unpaired) electrons. The number of rotatable bonds is 2. The van der Waals surface area contributed by atoms with E-state index in [0.717, 1.165) is 0 Å². The smallest absolute Gasteiger partial charge is 0.319 e. The number of hydrogen-bond acceptors (Lipinski definition) is 1. The summed E-state index contributed by atoms with van der Waals surface area (Å²) in [6.07, 6.45) is -10.9. The maximum absolute atomic E-state index is 13.0. The third-order valence-electron chi connectivity index (χ3n) is 2.38. The molecule has 0 aromatic heterocycles. The van der Waals surface area contributed by atoms with Crippen molar-refractivity contribution in [3.05, 3.63) is 33.8 Å². The van der Waals surface area contributed by atoms with Crippen LogP contribution in [0.2, 0.25) is 0 Å². The molecule has 0 unspecified atom stereocenters. The molecule has 0 heterocycles. The van der Waals surface area contributed by atoms with Gasteiger partial charge in [-0.1, -0.05) is 15.9 Å². The van der Waals surface area contributed by atoms with E-state index in [9.17, 15) is 35.1 Å². The van der Waals surface area contributed by atoms with Crippen molar-refractivity contribution < 1.29 is 35.1 Å². The van der Waals surface area contributed by atoms with Crippen LogP contribution in [0.5, 0.6) is 0 Å². The second-order valence-corrected chi connectivity index (χ2v) is 4.79. The number of benzene rings is 1. The summed E-state index contributed by atoms with van der Waals surface area (Å²) in [5.74, 6) is -5.35. The number of alkyl halides is 8. The van der Waals surface area contributed by atoms with Crippen LogP contribution < -0.4 is 5.73 Å².